The SMILES string of the molecule is CC1(C(=O)O)CCCCN1C(=O)C1CCC(=O)N1. The summed E-state index contributed by atoms with van der Waals surface area (Å²) < 4.78 is 0. The molecule has 2 aliphatic heterocycles. The molecule has 0 aromatic heterocycles. The molecule has 2 rings (SSSR count). The topological polar surface area (TPSA) is 86.7 Å². The molecule has 0 radical (unpaired) electrons. The second kappa shape index (κ2) is 4.59. The van der Waals surface area contributed by atoms with E-state index >= 15 is 0 Å². The van der Waals surface area contributed by atoms with Gasteiger partial charge >= 0.3 is 5.97 Å². The molecule has 18 heavy (non-hydrogen) atoms. The second-order valence-electron chi connectivity index (χ2n) is 5.18. The monoisotopic (exact) mass is 254 g/mol. The average molecular weight is 254 g/mol. The van der Waals surface area contributed by atoms with Crippen LogP contribution < -0.4 is 5.32 Å². The molecule has 0 spiro atoms. The summed E-state index contributed by atoms with van der Waals surface area (Å²) in [5.74, 6) is -1.37. The molecule has 2 unspecified atom stereocenters. The molecule has 6 heteroatoms. The van der Waals surface area contributed by atoms with Crippen LogP contribution in [0.5, 0.6) is 0 Å². The maximum atomic E-state index is 12.3. The van der Waals surface area contributed by atoms with Crippen molar-refractivity contribution >= 4 is 17.8 Å². The fourth-order valence-electron chi connectivity index (χ4n) is 2.68. The summed E-state index contributed by atoms with van der Waals surface area (Å²) >= 11 is 0. The third kappa shape index (κ3) is 2.07. The van der Waals surface area contributed by atoms with Crippen molar-refractivity contribution in [2.75, 3.05) is 6.54 Å². The summed E-state index contributed by atoms with van der Waals surface area (Å²) in [6, 6.07) is -0.547. The van der Waals surface area contributed by atoms with E-state index in [9.17, 15) is 19.5 Å². The number of piperidine rings is 1. The van der Waals surface area contributed by atoms with Gasteiger partial charge in [0.1, 0.15) is 11.6 Å². The molecule has 2 fully saturated rings. The Morgan fingerprint density at radius 3 is 2.72 bits per heavy atom. The van der Waals surface area contributed by atoms with Gasteiger partial charge in [0.05, 0.1) is 0 Å². The highest BCUT2D eigenvalue weighted by Gasteiger charge is 2.46. The molecule has 0 bridgehead atoms. The lowest BCUT2D eigenvalue weighted by molar-refractivity contribution is -0.161. The Kier molecular flexibility index (Phi) is 3.28. The number of carboxylic acids is 1. The van der Waals surface area contributed by atoms with Crippen LogP contribution >= 0.6 is 0 Å². The van der Waals surface area contributed by atoms with Gasteiger partial charge in [0.25, 0.3) is 0 Å². The van der Waals surface area contributed by atoms with E-state index in [0.717, 1.165) is 12.8 Å². The number of rotatable bonds is 2. The number of nitrogens with one attached hydrogen (secondary N) is 1. The smallest absolute Gasteiger partial charge is 0.329 e. The normalized spacial score (nSPS) is 32.2. The standard InChI is InChI=1S/C12H18N2O4/c1-12(11(17)18)6-2-3-7-14(12)10(16)8-4-5-9(15)13-8/h8H,2-7H2,1H3,(H,13,15)(H,17,18). The lowest BCUT2D eigenvalue weighted by atomic mass is 9.87. The highest BCUT2D eigenvalue weighted by Crippen LogP contribution is 2.29. The number of hydrogen-bond acceptors (Lipinski definition) is 3. The van der Waals surface area contributed by atoms with Crippen molar-refractivity contribution in [3.8, 4) is 0 Å². The Balaban J connectivity index is 2.16. The van der Waals surface area contributed by atoms with E-state index in [1.165, 1.54) is 4.90 Å². The van der Waals surface area contributed by atoms with Crippen LogP contribution in [0.1, 0.15) is 39.0 Å². The Bertz CT molecular complexity index is 396. The van der Waals surface area contributed by atoms with E-state index < -0.39 is 17.6 Å². The largest absolute Gasteiger partial charge is 0.480 e. The minimum Gasteiger partial charge on any atom is -0.480 e. The average Bonchev–Trinajstić information content (AvgIpc) is 2.75. The van der Waals surface area contributed by atoms with E-state index in [1.54, 1.807) is 6.92 Å². The van der Waals surface area contributed by atoms with Gasteiger partial charge in [0, 0.05) is 13.0 Å². The van der Waals surface area contributed by atoms with Crippen molar-refractivity contribution in [3.05, 3.63) is 0 Å². The summed E-state index contributed by atoms with van der Waals surface area (Å²) in [6.45, 7) is 2.04. The highest BCUT2D eigenvalue weighted by molar-refractivity contribution is 5.94. The number of aliphatic carboxylic acids is 1. The Labute approximate surface area is 105 Å². The molecule has 6 nitrogen and oxygen atoms in total. The van der Waals surface area contributed by atoms with E-state index in [-0.39, 0.29) is 11.8 Å². The molecule has 0 aromatic rings. The van der Waals surface area contributed by atoms with Gasteiger partial charge in [0.15, 0.2) is 0 Å². The molecule has 0 saturated carbocycles. The lowest BCUT2D eigenvalue weighted by Gasteiger charge is -2.42. The first-order valence-electron chi connectivity index (χ1n) is 6.29. The van der Waals surface area contributed by atoms with Gasteiger partial charge in [-0.05, 0) is 32.6 Å². The number of nitrogens with zero attached hydrogens (tertiary/aromatic N) is 1. The van der Waals surface area contributed by atoms with Gasteiger partial charge in [-0.15, -0.1) is 0 Å². The molecular formula is C12H18N2O4. The molecule has 0 aromatic carbocycles. The van der Waals surface area contributed by atoms with Crippen LogP contribution in [0.2, 0.25) is 0 Å². The number of carbonyl (C=O) groups excluding carboxylic acids is 2. The molecule has 2 amide bonds. The van der Waals surface area contributed by atoms with Crippen molar-refractivity contribution in [2.24, 2.45) is 0 Å². The molecule has 2 saturated heterocycles. The van der Waals surface area contributed by atoms with Gasteiger partial charge in [0.2, 0.25) is 11.8 Å². The minimum atomic E-state index is -1.14. The zero-order valence-corrected chi connectivity index (χ0v) is 10.4. The van der Waals surface area contributed by atoms with Gasteiger partial charge in [-0.2, -0.15) is 0 Å². The maximum Gasteiger partial charge on any atom is 0.329 e. The third-order valence-electron chi connectivity index (χ3n) is 3.91. The van der Waals surface area contributed by atoms with Crippen LogP contribution in [0.25, 0.3) is 0 Å². The molecule has 0 aliphatic carbocycles. The number of carbonyl (C=O) groups is 3. The number of carboxylic acid groups (broad SMARTS) is 1. The third-order valence-corrected chi connectivity index (χ3v) is 3.91. The predicted octanol–water partition coefficient (Wildman–Crippen LogP) is 0.121. The Morgan fingerprint density at radius 2 is 2.17 bits per heavy atom. The summed E-state index contributed by atoms with van der Waals surface area (Å²) in [4.78, 5) is 36.3. The van der Waals surface area contributed by atoms with Gasteiger partial charge in [-0.3, -0.25) is 9.59 Å². The lowest BCUT2D eigenvalue weighted by Crippen LogP contribution is -2.60. The predicted molar refractivity (Wildman–Crippen MR) is 62.8 cm³/mol. The zero-order valence-electron chi connectivity index (χ0n) is 10.4. The Hall–Kier alpha value is -1.59. The first-order valence-corrected chi connectivity index (χ1v) is 6.29. The maximum absolute atomic E-state index is 12.3. The van der Waals surface area contributed by atoms with Crippen LogP contribution in [0.4, 0.5) is 0 Å². The number of likely N-dealkylation sites (tertiary alicyclic amines) is 1. The summed E-state index contributed by atoms with van der Waals surface area (Å²) in [5.41, 5.74) is -1.14. The molecule has 100 valence electrons. The number of amides is 2. The number of hydrogen-bond donors (Lipinski definition) is 2. The fraction of sp³-hybridized carbons (Fsp3) is 0.750. The van der Waals surface area contributed by atoms with Gasteiger partial charge in [-0.1, -0.05) is 0 Å². The van der Waals surface area contributed by atoms with Crippen molar-refractivity contribution < 1.29 is 19.5 Å². The Morgan fingerprint density at radius 1 is 1.44 bits per heavy atom. The molecule has 2 aliphatic rings. The van der Waals surface area contributed by atoms with Crippen molar-refractivity contribution in [1.29, 1.82) is 0 Å². The van der Waals surface area contributed by atoms with E-state index in [2.05, 4.69) is 5.32 Å². The fourth-order valence-corrected chi connectivity index (χ4v) is 2.68. The second-order valence-corrected chi connectivity index (χ2v) is 5.18. The van der Waals surface area contributed by atoms with Crippen molar-refractivity contribution in [2.45, 2.75) is 50.6 Å². The van der Waals surface area contributed by atoms with Gasteiger partial charge in [-0.25, -0.2) is 4.79 Å². The van der Waals surface area contributed by atoms with Gasteiger partial charge < -0.3 is 15.3 Å². The minimum absolute atomic E-state index is 0.137. The first kappa shape index (κ1) is 12.9. The van der Waals surface area contributed by atoms with Crippen LogP contribution in [-0.2, 0) is 14.4 Å². The zero-order chi connectivity index (χ0) is 13.3. The van der Waals surface area contributed by atoms with Crippen LogP contribution in [0.15, 0.2) is 0 Å². The summed E-state index contributed by atoms with van der Waals surface area (Å²) in [5, 5.41) is 11.9. The van der Waals surface area contributed by atoms with Crippen LogP contribution in [0.3, 0.4) is 0 Å². The van der Waals surface area contributed by atoms with E-state index in [4.69, 9.17) is 0 Å². The highest BCUT2D eigenvalue weighted by atomic mass is 16.4. The summed E-state index contributed by atoms with van der Waals surface area (Å²) in [7, 11) is 0. The van der Waals surface area contributed by atoms with Crippen molar-refractivity contribution in [3.63, 3.8) is 0 Å². The quantitative estimate of drug-likeness (QED) is 0.733. The molecule has 2 atom stereocenters. The van der Waals surface area contributed by atoms with Crippen LogP contribution in [0, 0.1) is 0 Å². The van der Waals surface area contributed by atoms with Crippen LogP contribution in [-0.4, -0.2) is 45.9 Å². The first-order chi connectivity index (χ1) is 8.45. The molecular weight excluding hydrogens is 236 g/mol. The van der Waals surface area contributed by atoms with E-state index in [0.29, 0.717) is 25.8 Å². The summed E-state index contributed by atoms with van der Waals surface area (Å²) in [6.07, 6.45) is 2.89. The van der Waals surface area contributed by atoms with Crippen molar-refractivity contribution in [1.82, 2.24) is 10.2 Å². The molecule has 2 N–H and O–H groups in total. The molecule has 2 heterocycles. The van der Waals surface area contributed by atoms with E-state index in [1.807, 2.05) is 0 Å².